The quantitative estimate of drug-likeness (QED) is 0.489. The van der Waals surface area contributed by atoms with Crippen LogP contribution in [0.5, 0.6) is 0 Å². The Bertz CT molecular complexity index is 971. The maximum atomic E-state index is 13.0. The Morgan fingerprint density at radius 1 is 1.26 bits per heavy atom. The van der Waals surface area contributed by atoms with Gasteiger partial charge < -0.3 is 4.74 Å². The first-order valence-electron chi connectivity index (χ1n) is 7.73. The number of carbonyl (C=O) groups excluding carboxylic acids is 1. The molecule has 0 aliphatic heterocycles. The van der Waals surface area contributed by atoms with Crippen molar-refractivity contribution in [1.82, 2.24) is 20.0 Å². The Morgan fingerprint density at radius 2 is 2.04 bits per heavy atom. The number of rotatable bonds is 4. The lowest BCUT2D eigenvalue weighted by Crippen LogP contribution is -2.14. The molecular formula is C17H12ClF3N4O2. The smallest absolute Gasteiger partial charge is 0.416 e. The first-order chi connectivity index (χ1) is 12.8. The van der Waals surface area contributed by atoms with E-state index >= 15 is 0 Å². The Labute approximate surface area is 156 Å². The fourth-order valence-electron chi connectivity index (χ4n) is 2.37. The number of ether oxygens (including phenoxy) is 1. The molecule has 0 atom stereocenters. The number of nitrogens with zero attached hydrogens (tertiary/aromatic N) is 4. The van der Waals surface area contributed by atoms with Crippen LogP contribution in [0, 0.1) is 0 Å². The van der Waals surface area contributed by atoms with Gasteiger partial charge in [0.1, 0.15) is 10.8 Å². The van der Waals surface area contributed by atoms with Crippen LogP contribution in [0.15, 0.2) is 42.6 Å². The molecular weight excluding hydrogens is 385 g/mol. The van der Waals surface area contributed by atoms with Gasteiger partial charge in [-0.2, -0.15) is 13.2 Å². The highest BCUT2D eigenvalue weighted by molar-refractivity contribution is 6.29. The van der Waals surface area contributed by atoms with Gasteiger partial charge in [0.05, 0.1) is 17.9 Å². The van der Waals surface area contributed by atoms with Crippen molar-refractivity contribution in [2.75, 3.05) is 6.61 Å². The van der Waals surface area contributed by atoms with Gasteiger partial charge in [0, 0.05) is 11.8 Å². The summed E-state index contributed by atoms with van der Waals surface area (Å²) in [6, 6.07) is 7.47. The fraction of sp³-hybridized carbons (Fsp3) is 0.176. The van der Waals surface area contributed by atoms with Crippen LogP contribution in [0.1, 0.15) is 23.0 Å². The zero-order valence-electron chi connectivity index (χ0n) is 13.9. The van der Waals surface area contributed by atoms with Gasteiger partial charge in [0.25, 0.3) is 0 Å². The van der Waals surface area contributed by atoms with Crippen LogP contribution in [0.3, 0.4) is 0 Å². The van der Waals surface area contributed by atoms with Gasteiger partial charge in [-0.3, -0.25) is 0 Å². The molecule has 6 nitrogen and oxygen atoms in total. The van der Waals surface area contributed by atoms with Gasteiger partial charge in [-0.25, -0.2) is 14.5 Å². The van der Waals surface area contributed by atoms with Crippen LogP contribution in [0.2, 0.25) is 5.15 Å². The first kappa shape index (κ1) is 18.8. The van der Waals surface area contributed by atoms with Crippen molar-refractivity contribution in [3.63, 3.8) is 0 Å². The van der Waals surface area contributed by atoms with Crippen LogP contribution in [-0.4, -0.2) is 32.6 Å². The lowest BCUT2D eigenvalue weighted by molar-refractivity contribution is -0.137. The van der Waals surface area contributed by atoms with Crippen LogP contribution in [0.25, 0.3) is 16.9 Å². The molecule has 3 rings (SSSR count). The van der Waals surface area contributed by atoms with Crippen molar-refractivity contribution in [3.8, 4) is 16.9 Å². The number of hydrogen-bond acceptors (Lipinski definition) is 5. The molecule has 27 heavy (non-hydrogen) atoms. The van der Waals surface area contributed by atoms with E-state index in [1.54, 1.807) is 13.0 Å². The number of alkyl halides is 3. The number of carbonyl (C=O) groups is 1. The third-order valence-electron chi connectivity index (χ3n) is 3.56. The highest BCUT2D eigenvalue weighted by atomic mass is 35.5. The molecule has 10 heteroatoms. The molecule has 0 bridgehead atoms. The van der Waals surface area contributed by atoms with Crippen molar-refractivity contribution in [2.24, 2.45) is 0 Å². The van der Waals surface area contributed by atoms with Crippen molar-refractivity contribution in [1.29, 1.82) is 0 Å². The molecule has 140 valence electrons. The number of aromatic nitrogens is 4. The van der Waals surface area contributed by atoms with E-state index in [1.807, 2.05) is 0 Å². The molecule has 3 aromatic rings. The second-order valence-electron chi connectivity index (χ2n) is 5.34. The largest absolute Gasteiger partial charge is 0.461 e. The number of esters is 1. The Morgan fingerprint density at radius 3 is 2.67 bits per heavy atom. The Kier molecular flexibility index (Phi) is 5.13. The maximum Gasteiger partial charge on any atom is 0.416 e. The van der Waals surface area contributed by atoms with Crippen molar-refractivity contribution >= 4 is 17.6 Å². The van der Waals surface area contributed by atoms with E-state index < -0.39 is 17.7 Å². The SMILES string of the molecule is CCOC(=O)c1c(-c2ccc(Cl)nc2)nnn1-c1cccc(C(F)(F)F)c1. The number of hydrogen-bond donors (Lipinski definition) is 0. The number of halogens is 4. The number of benzene rings is 1. The average molecular weight is 397 g/mol. The van der Waals surface area contributed by atoms with Crippen molar-refractivity contribution < 1.29 is 22.7 Å². The van der Waals surface area contributed by atoms with Gasteiger partial charge >= 0.3 is 12.1 Å². The second kappa shape index (κ2) is 7.36. The molecule has 1 aromatic carbocycles. The van der Waals surface area contributed by atoms with Crippen molar-refractivity contribution in [2.45, 2.75) is 13.1 Å². The summed E-state index contributed by atoms with van der Waals surface area (Å²) in [5.74, 6) is -0.773. The molecule has 0 aliphatic rings. The summed E-state index contributed by atoms with van der Waals surface area (Å²) in [7, 11) is 0. The summed E-state index contributed by atoms with van der Waals surface area (Å²) in [6.45, 7) is 1.69. The van der Waals surface area contributed by atoms with E-state index in [-0.39, 0.29) is 28.8 Å². The Balaban J connectivity index is 2.16. The second-order valence-corrected chi connectivity index (χ2v) is 5.72. The summed E-state index contributed by atoms with van der Waals surface area (Å²) in [4.78, 5) is 16.4. The minimum absolute atomic E-state index is 0.0218. The Hall–Kier alpha value is -2.94. The molecule has 0 radical (unpaired) electrons. The molecule has 0 amide bonds. The summed E-state index contributed by atoms with van der Waals surface area (Å²) in [5.41, 5.74) is -0.426. The summed E-state index contributed by atoms with van der Waals surface area (Å²) >= 11 is 5.76. The zero-order valence-corrected chi connectivity index (χ0v) is 14.6. The standard InChI is InChI=1S/C17H12ClF3N4O2/c1-2-27-16(26)15-14(10-6-7-13(18)22-9-10)23-24-25(15)12-5-3-4-11(8-12)17(19,20)21/h3-9H,2H2,1H3. The lowest BCUT2D eigenvalue weighted by atomic mass is 10.1. The van der Waals surface area contributed by atoms with Crippen molar-refractivity contribution in [3.05, 3.63) is 59.0 Å². The monoisotopic (exact) mass is 396 g/mol. The summed E-state index contributed by atoms with van der Waals surface area (Å²) in [5, 5.41) is 8.02. The molecule has 0 unspecified atom stereocenters. The van der Waals surface area contributed by atoms with Crippen LogP contribution in [0.4, 0.5) is 13.2 Å². The van der Waals surface area contributed by atoms with E-state index in [1.165, 1.54) is 24.4 Å². The van der Waals surface area contributed by atoms with Gasteiger partial charge in [-0.1, -0.05) is 22.9 Å². The summed E-state index contributed by atoms with van der Waals surface area (Å²) in [6.07, 6.45) is -3.16. The van der Waals surface area contributed by atoms with Crippen LogP contribution >= 0.6 is 11.6 Å². The first-order valence-corrected chi connectivity index (χ1v) is 8.11. The van der Waals surface area contributed by atoms with E-state index in [4.69, 9.17) is 16.3 Å². The molecule has 2 heterocycles. The molecule has 0 saturated heterocycles. The highest BCUT2D eigenvalue weighted by Crippen LogP contribution is 2.31. The lowest BCUT2D eigenvalue weighted by Gasteiger charge is -2.10. The van der Waals surface area contributed by atoms with Gasteiger partial charge in [-0.15, -0.1) is 5.10 Å². The van der Waals surface area contributed by atoms with E-state index in [0.717, 1.165) is 16.8 Å². The summed E-state index contributed by atoms with van der Waals surface area (Å²) < 4.78 is 45.1. The van der Waals surface area contributed by atoms with Crippen LogP contribution in [-0.2, 0) is 10.9 Å². The maximum absolute atomic E-state index is 13.0. The molecule has 2 aromatic heterocycles. The molecule has 0 fully saturated rings. The molecule has 0 spiro atoms. The minimum Gasteiger partial charge on any atom is -0.461 e. The molecule has 0 saturated carbocycles. The fourth-order valence-corrected chi connectivity index (χ4v) is 2.48. The zero-order chi connectivity index (χ0) is 19.6. The predicted octanol–water partition coefficient (Wildman–Crippen LogP) is 4.18. The van der Waals surface area contributed by atoms with Gasteiger partial charge in [0.2, 0.25) is 0 Å². The van der Waals surface area contributed by atoms with E-state index in [0.29, 0.717) is 5.56 Å². The minimum atomic E-state index is -4.54. The molecule has 0 aliphatic carbocycles. The van der Waals surface area contributed by atoms with Gasteiger partial charge in [-0.05, 0) is 37.3 Å². The topological polar surface area (TPSA) is 69.9 Å². The highest BCUT2D eigenvalue weighted by Gasteiger charge is 2.31. The third kappa shape index (κ3) is 3.92. The van der Waals surface area contributed by atoms with Crippen LogP contribution < -0.4 is 0 Å². The van der Waals surface area contributed by atoms with E-state index in [9.17, 15) is 18.0 Å². The molecule has 0 N–H and O–H groups in total. The average Bonchev–Trinajstić information content (AvgIpc) is 3.07. The van der Waals surface area contributed by atoms with Gasteiger partial charge in [0.15, 0.2) is 5.69 Å². The normalized spacial score (nSPS) is 11.4. The van der Waals surface area contributed by atoms with E-state index in [2.05, 4.69) is 15.3 Å². The third-order valence-corrected chi connectivity index (χ3v) is 3.78. The number of pyridine rings is 1. The predicted molar refractivity (Wildman–Crippen MR) is 90.6 cm³/mol.